The summed E-state index contributed by atoms with van der Waals surface area (Å²) in [4.78, 5) is 0. The summed E-state index contributed by atoms with van der Waals surface area (Å²) in [5.41, 5.74) is 2.24. The molecular weight excluding hydrogens is 156 g/mol. The van der Waals surface area contributed by atoms with Crippen LogP contribution in [0.2, 0.25) is 0 Å². The van der Waals surface area contributed by atoms with Gasteiger partial charge in [0.1, 0.15) is 0 Å². The predicted molar refractivity (Wildman–Crippen MR) is 57.6 cm³/mol. The van der Waals surface area contributed by atoms with Crippen molar-refractivity contribution in [3.05, 3.63) is 11.6 Å². The molecule has 0 aliphatic heterocycles. The molecule has 0 amide bonds. The quantitative estimate of drug-likeness (QED) is 0.529. The summed E-state index contributed by atoms with van der Waals surface area (Å²) in [6, 6.07) is 0. The summed E-state index contributed by atoms with van der Waals surface area (Å²) >= 11 is 0. The van der Waals surface area contributed by atoms with Gasteiger partial charge < -0.3 is 0 Å². The van der Waals surface area contributed by atoms with E-state index in [1.165, 1.54) is 32.1 Å². The predicted octanol–water partition coefficient (Wildman–Crippen LogP) is 4.17. The Morgan fingerprint density at radius 2 is 2.08 bits per heavy atom. The van der Waals surface area contributed by atoms with Crippen molar-refractivity contribution in [2.75, 3.05) is 0 Å². The van der Waals surface area contributed by atoms with Gasteiger partial charge in [-0.25, -0.2) is 0 Å². The standard InChI is InChI=1S/C13H22/c1-13(2,3)9-10-7-11-5-4-6-12(11)8-10/h7,11-12H,4-6,8-9H2,1-3H3. The van der Waals surface area contributed by atoms with Crippen molar-refractivity contribution in [2.45, 2.75) is 52.9 Å². The summed E-state index contributed by atoms with van der Waals surface area (Å²) in [7, 11) is 0. The van der Waals surface area contributed by atoms with E-state index >= 15 is 0 Å². The second-order valence-electron chi connectivity index (χ2n) is 6.12. The van der Waals surface area contributed by atoms with Crippen molar-refractivity contribution in [1.82, 2.24) is 0 Å². The van der Waals surface area contributed by atoms with Crippen molar-refractivity contribution in [1.29, 1.82) is 0 Å². The van der Waals surface area contributed by atoms with Gasteiger partial charge in [-0.3, -0.25) is 0 Å². The molecule has 0 heterocycles. The second-order valence-corrected chi connectivity index (χ2v) is 6.12. The van der Waals surface area contributed by atoms with Crippen molar-refractivity contribution in [2.24, 2.45) is 17.3 Å². The van der Waals surface area contributed by atoms with Crippen LogP contribution in [0.25, 0.3) is 0 Å². The van der Waals surface area contributed by atoms with Crippen LogP contribution in [-0.4, -0.2) is 0 Å². The molecule has 0 heteroatoms. The van der Waals surface area contributed by atoms with Crippen molar-refractivity contribution < 1.29 is 0 Å². The highest BCUT2D eigenvalue weighted by Crippen LogP contribution is 2.45. The number of hydrogen-bond acceptors (Lipinski definition) is 0. The third-order valence-corrected chi connectivity index (χ3v) is 3.45. The Labute approximate surface area is 82.4 Å². The van der Waals surface area contributed by atoms with Gasteiger partial charge in [-0.2, -0.15) is 0 Å². The lowest BCUT2D eigenvalue weighted by Crippen LogP contribution is -2.06. The van der Waals surface area contributed by atoms with E-state index in [-0.39, 0.29) is 0 Å². The van der Waals surface area contributed by atoms with Gasteiger partial charge in [-0.15, -0.1) is 0 Å². The maximum Gasteiger partial charge on any atom is -0.0199 e. The molecule has 0 saturated heterocycles. The molecule has 0 bridgehead atoms. The minimum atomic E-state index is 0.491. The fourth-order valence-electron chi connectivity index (χ4n) is 3.06. The monoisotopic (exact) mass is 178 g/mol. The van der Waals surface area contributed by atoms with Gasteiger partial charge in [-0.05, 0) is 42.9 Å². The van der Waals surface area contributed by atoms with Crippen LogP contribution in [0.1, 0.15) is 52.9 Å². The largest absolute Gasteiger partial charge is 0.0819 e. The molecule has 1 fully saturated rings. The lowest BCUT2D eigenvalue weighted by Gasteiger charge is -2.19. The Morgan fingerprint density at radius 1 is 1.31 bits per heavy atom. The van der Waals surface area contributed by atoms with E-state index in [2.05, 4.69) is 26.8 Å². The summed E-state index contributed by atoms with van der Waals surface area (Å²) in [6.45, 7) is 7.05. The van der Waals surface area contributed by atoms with E-state index in [0.29, 0.717) is 5.41 Å². The molecule has 0 nitrogen and oxygen atoms in total. The number of fused-ring (bicyclic) bond motifs is 1. The zero-order chi connectivity index (χ0) is 9.47. The van der Waals surface area contributed by atoms with E-state index in [9.17, 15) is 0 Å². The molecule has 2 aliphatic carbocycles. The molecule has 1 saturated carbocycles. The first-order chi connectivity index (χ1) is 6.04. The molecule has 0 aromatic rings. The lowest BCUT2D eigenvalue weighted by molar-refractivity contribution is 0.398. The van der Waals surface area contributed by atoms with E-state index in [4.69, 9.17) is 0 Å². The lowest BCUT2D eigenvalue weighted by atomic mass is 9.87. The molecule has 0 aromatic heterocycles. The van der Waals surface area contributed by atoms with Crippen LogP contribution in [-0.2, 0) is 0 Å². The molecule has 13 heavy (non-hydrogen) atoms. The first kappa shape index (κ1) is 9.30. The molecule has 2 atom stereocenters. The molecule has 2 aliphatic rings. The Hall–Kier alpha value is -0.260. The van der Waals surface area contributed by atoms with Gasteiger partial charge in [0.25, 0.3) is 0 Å². The second kappa shape index (κ2) is 3.15. The van der Waals surface area contributed by atoms with Crippen LogP contribution in [0.15, 0.2) is 11.6 Å². The van der Waals surface area contributed by atoms with Gasteiger partial charge >= 0.3 is 0 Å². The van der Waals surface area contributed by atoms with E-state index in [0.717, 1.165) is 11.8 Å². The normalized spacial score (nSPS) is 33.3. The Bertz CT molecular complexity index is 217. The van der Waals surface area contributed by atoms with E-state index in [1.807, 2.05) is 0 Å². The van der Waals surface area contributed by atoms with Gasteiger partial charge in [0.2, 0.25) is 0 Å². The van der Waals surface area contributed by atoms with Crippen molar-refractivity contribution in [3.63, 3.8) is 0 Å². The van der Waals surface area contributed by atoms with Gasteiger partial charge in [-0.1, -0.05) is 38.8 Å². The molecule has 74 valence electrons. The van der Waals surface area contributed by atoms with Crippen LogP contribution in [0, 0.1) is 17.3 Å². The van der Waals surface area contributed by atoms with Gasteiger partial charge in [0.15, 0.2) is 0 Å². The highest BCUT2D eigenvalue weighted by atomic mass is 14.4. The molecule has 2 rings (SSSR count). The zero-order valence-electron chi connectivity index (χ0n) is 9.27. The fraction of sp³-hybridized carbons (Fsp3) is 0.846. The fourth-order valence-corrected chi connectivity index (χ4v) is 3.06. The number of allylic oxidation sites excluding steroid dienone is 2. The molecule has 0 spiro atoms. The summed E-state index contributed by atoms with van der Waals surface area (Å²) in [6.07, 6.45) is 9.78. The topological polar surface area (TPSA) is 0 Å². The Kier molecular flexibility index (Phi) is 2.25. The first-order valence-corrected chi connectivity index (χ1v) is 5.74. The third-order valence-electron chi connectivity index (χ3n) is 3.45. The van der Waals surface area contributed by atoms with Crippen molar-refractivity contribution >= 4 is 0 Å². The average molecular weight is 178 g/mol. The van der Waals surface area contributed by atoms with Crippen LogP contribution in [0.4, 0.5) is 0 Å². The Balaban J connectivity index is 1.96. The highest BCUT2D eigenvalue weighted by molar-refractivity contribution is 5.16. The first-order valence-electron chi connectivity index (χ1n) is 5.74. The molecular formula is C13H22. The highest BCUT2D eigenvalue weighted by Gasteiger charge is 2.32. The minimum Gasteiger partial charge on any atom is -0.0819 e. The van der Waals surface area contributed by atoms with Crippen LogP contribution in [0.3, 0.4) is 0 Å². The maximum absolute atomic E-state index is 2.60. The van der Waals surface area contributed by atoms with Gasteiger partial charge in [0.05, 0.1) is 0 Å². The van der Waals surface area contributed by atoms with Crippen LogP contribution >= 0.6 is 0 Å². The minimum absolute atomic E-state index is 0.491. The number of rotatable bonds is 1. The third kappa shape index (κ3) is 2.15. The molecule has 0 radical (unpaired) electrons. The average Bonchev–Trinajstić information content (AvgIpc) is 2.40. The molecule has 2 unspecified atom stereocenters. The van der Waals surface area contributed by atoms with Gasteiger partial charge in [0, 0.05) is 0 Å². The smallest absolute Gasteiger partial charge is 0.0199 e. The van der Waals surface area contributed by atoms with E-state index in [1.54, 1.807) is 5.57 Å². The molecule has 0 aromatic carbocycles. The summed E-state index contributed by atoms with van der Waals surface area (Å²) in [5.74, 6) is 2.01. The van der Waals surface area contributed by atoms with Crippen molar-refractivity contribution in [3.8, 4) is 0 Å². The molecule has 0 N–H and O–H groups in total. The number of hydrogen-bond donors (Lipinski definition) is 0. The van der Waals surface area contributed by atoms with E-state index < -0.39 is 0 Å². The SMILES string of the molecule is CC(C)(C)CC1=CC2CCCC2C1. The maximum atomic E-state index is 2.60. The summed E-state index contributed by atoms with van der Waals surface area (Å²) in [5, 5.41) is 0. The van der Waals surface area contributed by atoms with Crippen LogP contribution in [0.5, 0.6) is 0 Å². The summed E-state index contributed by atoms with van der Waals surface area (Å²) < 4.78 is 0. The zero-order valence-corrected chi connectivity index (χ0v) is 9.27. The Morgan fingerprint density at radius 3 is 2.69 bits per heavy atom. The van der Waals surface area contributed by atoms with Crippen LogP contribution < -0.4 is 0 Å².